The Morgan fingerprint density at radius 2 is 1.84 bits per heavy atom. The fourth-order valence-electron chi connectivity index (χ4n) is 3.59. The Bertz CT molecular complexity index is 900. The number of nitrogens with zero attached hydrogens (tertiary/aromatic N) is 6. The zero-order valence-electron chi connectivity index (χ0n) is 18.1. The van der Waals surface area contributed by atoms with Crippen molar-refractivity contribution in [3.8, 4) is 11.4 Å². The highest BCUT2D eigenvalue weighted by Gasteiger charge is 2.28. The predicted molar refractivity (Wildman–Crippen MR) is 116 cm³/mol. The molecule has 1 aliphatic heterocycles. The zero-order chi connectivity index (χ0) is 21.8. The number of piperazine rings is 1. The monoisotopic (exact) mass is 426 g/mol. The van der Waals surface area contributed by atoms with Gasteiger partial charge in [-0.25, -0.2) is 9.48 Å². The summed E-state index contributed by atoms with van der Waals surface area (Å²) in [6.07, 6.45) is 3.14. The number of carbonyl (C=O) groups excluding carboxylic acids is 2. The molecule has 1 saturated carbocycles. The molecular formula is C21H30N8O2. The van der Waals surface area contributed by atoms with Crippen molar-refractivity contribution in [2.75, 3.05) is 38.0 Å². The minimum absolute atomic E-state index is 0.0417. The Morgan fingerprint density at radius 3 is 2.48 bits per heavy atom. The summed E-state index contributed by atoms with van der Waals surface area (Å²) in [5, 5.41) is 17.9. The van der Waals surface area contributed by atoms with E-state index < -0.39 is 0 Å². The molecule has 1 aromatic heterocycles. The first-order valence-corrected chi connectivity index (χ1v) is 11.0. The third-order valence-corrected chi connectivity index (χ3v) is 5.83. The summed E-state index contributed by atoms with van der Waals surface area (Å²) in [7, 11) is 0. The molecule has 1 atom stereocenters. The maximum absolute atomic E-state index is 12.6. The second-order valence-electron chi connectivity index (χ2n) is 8.33. The first kappa shape index (κ1) is 21.2. The predicted octanol–water partition coefficient (Wildman–Crippen LogP) is 1.74. The summed E-state index contributed by atoms with van der Waals surface area (Å²) in [6, 6.07) is 8.06. The number of aromatic nitrogens is 4. The molecule has 1 saturated heterocycles. The van der Waals surface area contributed by atoms with Gasteiger partial charge in [0, 0.05) is 43.5 Å². The van der Waals surface area contributed by atoms with Crippen LogP contribution in [0, 0.1) is 0 Å². The van der Waals surface area contributed by atoms with E-state index in [-0.39, 0.29) is 18.0 Å². The van der Waals surface area contributed by atoms with Crippen LogP contribution in [0.5, 0.6) is 0 Å². The number of anilines is 1. The summed E-state index contributed by atoms with van der Waals surface area (Å²) >= 11 is 0. The Kier molecular flexibility index (Phi) is 6.45. The van der Waals surface area contributed by atoms with Crippen molar-refractivity contribution in [2.45, 2.75) is 45.2 Å². The third kappa shape index (κ3) is 5.38. The summed E-state index contributed by atoms with van der Waals surface area (Å²) in [4.78, 5) is 28.5. The van der Waals surface area contributed by atoms with Gasteiger partial charge in [-0.2, -0.15) is 0 Å². The summed E-state index contributed by atoms with van der Waals surface area (Å²) in [6.45, 7) is 6.98. The van der Waals surface area contributed by atoms with Gasteiger partial charge in [-0.1, -0.05) is 6.92 Å². The largest absolute Gasteiger partial charge is 0.353 e. The lowest BCUT2D eigenvalue weighted by Gasteiger charge is -2.34. The molecule has 2 N–H and O–H groups in total. The molecular weight excluding hydrogens is 396 g/mol. The maximum Gasteiger partial charge on any atom is 0.321 e. The van der Waals surface area contributed by atoms with Crippen LogP contribution in [-0.2, 0) is 4.79 Å². The summed E-state index contributed by atoms with van der Waals surface area (Å²) in [5.41, 5.74) is 1.66. The van der Waals surface area contributed by atoms with Gasteiger partial charge in [0.25, 0.3) is 0 Å². The number of amides is 3. The molecule has 0 spiro atoms. The van der Waals surface area contributed by atoms with E-state index in [1.807, 2.05) is 42.8 Å². The van der Waals surface area contributed by atoms with Crippen LogP contribution in [0.1, 0.15) is 39.2 Å². The third-order valence-electron chi connectivity index (χ3n) is 5.83. The SMILES string of the molecule is CCC(C)NC(=O)CN1CCN(C(=O)Nc2ccc(-c3nnnn3C3CC3)cc2)CC1. The average Bonchev–Trinajstić information content (AvgIpc) is 3.51. The van der Waals surface area contributed by atoms with Crippen LogP contribution < -0.4 is 10.6 Å². The highest BCUT2D eigenvalue weighted by atomic mass is 16.2. The fourth-order valence-corrected chi connectivity index (χ4v) is 3.59. The van der Waals surface area contributed by atoms with Crippen molar-refractivity contribution in [1.82, 2.24) is 35.3 Å². The van der Waals surface area contributed by atoms with Gasteiger partial charge in [-0.15, -0.1) is 5.10 Å². The number of tetrazole rings is 1. The number of nitrogens with one attached hydrogen (secondary N) is 2. The van der Waals surface area contributed by atoms with Gasteiger partial charge in [-0.3, -0.25) is 9.69 Å². The van der Waals surface area contributed by atoms with Crippen LogP contribution in [0.15, 0.2) is 24.3 Å². The van der Waals surface area contributed by atoms with Crippen molar-refractivity contribution in [1.29, 1.82) is 0 Å². The maximum atomic E-state index is 12.6. The molecule has 2 fully saturated rings. The summed E-state index contributed by atoms with van der Waals surface area (Å²) in [5.74, 6) is 0.800. The van der Waals surface area contributed by atoms with Crippen molar-refractivity contribution in [2.24, 2.45) is 0 Å². The van der Waals surface area contributed by atoms with E-state index >= 15 is 0 Å². The van der Waals surface area contributed by atoms with Gasteiger partial charge >= 0.3 is 6.03 Å². The van der Waals surface area contributed by atoms with Crippen LogP contribution in [0.3, 0.4) is 0 Å². The second-order valence-corrected chi connectivity index (χ2v) is 8.33. The lowest BCUT2D eigenvalue weighted by molar-refractivity contribution is -0.123. The lowest BCUT2D eigenvalue weighted by atomic mass is 10.2. The molecule has 4 rings (SSSR count). The summed E-state index contributed by atoms with van der Waals surface area (Å²) < 4.78 is 1.87. The average molecular weight is 427 g/mol. The Morgan fingerprint density at radius 1 is 1.13 bits per heavy atom. The Hall–Kier alpha value is -3.01. The molecule has 31 heavy (non-hydrogen) atoms. The number of rotatable bonds is 7. The molecule has 0 radical (unpaired) electrons. The molecule has 10 heteroatoms. The van der Waals surface area contributed by atoms with E-state index in [0.29, 0.717) is 38.8 Å². The highest BCUT2D eigenvalue weighted by molar-refractivity contribution is 5.89. The van der Waals surface area contributed by atoms with Crippen LogP contribution in [0.2, 0.25) is 0 Å². The van der Waals surface area contributed by atoms with Crippen molar-refractivity contribution in [3.63, 3.8) is 0 Å². The number of benzene rings is 1. The van der Waals surface area contributed by atoms with E-state index in [1.54, 1.807) is 4.90 Å². The van der Waals surface area contributed by atoms with Crippen molar-refractivity contribution < 1.29 is 9.59 Å². The minimum Gasteiger partial charge on any atom is -0.353 e. The number of urea groups is 1. The molecule has 2 aromatic rings. The molecule has 0 bridgehead atoms. The zero-order valence-corrected chi connectivity index (χ0v) is 18.1. The number of carbonyl (C=O) groups is 2. The molecule has 10 nitrogen and oxygen atoms in total. The first-order chi connectivity index (χ1) is 15.0. The van der Waals surface area contributed by atoms with Gasteiger partial charge in [-0.05, 0) is 60.9 Å². The highest BCUT2D eigenvalue weighted by Crippen LogP contribution is 2.36. The Labute approximate surface area is 182 Å². The van der Waals surface area contributed by atoms with Crippen LogP contribution in [-0.4, -0.2) is 80.7 Å². The van der Waals surface area contributed by atoms with Crippen LogP contribution in [0.25, 0.3) is 11.4 Å². The van der Waals surface area contributed by atoms with Gasteiger partial charge in [0.1, 0.15) is 0 Å². The topological polar surface area (TPSA) is 108 Å². The van der Waals surface area contributed by atoms with Crippen molar-refractivity contribution >= 4 is 17.6 Å². The van der Waals surface area contributed by atoms with Gasteiger partial charge in [0.05, 0.1) is 12.6 Å². The van der Waals surface area contributed by atoms with Crippen LogP contribution >= 0.6 is 0 Å². The second kappa shape index (κ2) is 9.42. The standard InChI is InChI=1S/C21H30N8O2/c1-3-15(2)22-19(30)14-27-10-12-28(13-11-27)21(31)23-17-6-4-16(5-7-17)20-24-25-26-29(20)18-8-9-18/h4-7,15,18H,3,8-14H2,1-2H3,(H,22,30)(H,23,31). The lowest BCUT2D eigenvalue weighted by Crippen LogP contribution is -2.52. The van der Waals surface area contributed by atoms with Crippen LogP contribution in [0.4, 0.5) is 10.5 Å². The van der Waals surface area contributed by atoms with E-state index in [4.69, 9.17) is 0 Å². The molecule has 2 heterocycles. The molecule has 3 amide bonds. The van der Waals surface area contributed by atoms with Crippen molar-refractivity contribution in [3.05, 3.63) is 24.3 Å². The Balaban J connectivity index is 1.25. The molecule has 2 aliphatic rings. The minimum atomic E-state index is -0.126. The fraction of sp³-hybridized carbons (Fsp3) is 0.571. The van der Waals surface area contributed by atoms with Gasteiger partial charge in [0.15, 0.2) is 5.82 Å². The van der Waals surface area contributed by atoms with E-state index in [2.05, 4.69) is 31.1 Å². The quantitative estimate of drug-likeness (QED) is 0.698. The van der Waals surface area contributed by atoms with Gasteiger partial charge in [0.2, 0.25) is 5.91 Å². The van der Waals surface area contributed by atoms with E-state index in [9.17, 15) is 9.59 Å². The molecule has 1 aromatic carbocycles. The van der Waals surface area contributed by atoms with E-state index in [1.165, 1.54) is 0 Å². The molecule has 1 unspecified atom stereocenters. The first-order valence-electron chi connectivity index (χ1n) is 11.0. The van der Waals surface area contributed by atoms with E-state index in [0.717, 1.165) is 36.3 Å². The normalized spacial score (nSPS) is 17.9. The number of hydrogen-bond acceptors (Lipinski definition) is 6. The molecule has 166 valence electrons. The number of hydrogen-bond donors (Lipinski definition) is 2. The van der Waals surface area contributed by atoms with Gasteiger partial charge < -0.3 is 15.5 Å². The smallest absolute Gasteiger partial charge is 0.321 e. The molecule has 1 aliphatic carbocycles.